The van der Waals surface area contributed by atoms with E-state index in [0.29, 0.717) is 13.0 Å². The molecule has 0 aliphatic rings. The Kier molecular flexibility index (Phi) is 5.12. The number of aliphatic hydroxyl groups excluding tert-OH is 1. The lowest BCUT2D eigenvalue weighted by Crippen LogP contribution is -2.29. The molecule has 6 heteroatoms. The molecule has 0 aliphatic carbocycles. The molecule has 0 fully saturated rings. The van der Waals surface area contributed by atoms with Crippen LogP contribution in [-0.4, -0.2) is 37.5 Å². The molecule has 1 aromatic rings. The Labute approximate surface area is 110 Å². The third-order valence-electron chi connectivity index (χ3n) is 2.37. The predicted octanol–water partition coefficient (Wildman–Crippen LogP) is 1.84. The molecule has 0 aromatic heterocycles. The second-order valence-corrected chi connectivity index (χ2v) is 6.88. The van der Waals surface area contributed by atoms with Crippen LogP contribution in [0.5, 0.6) is 0 Å². The monoisotopic (exact) mass is 321 g/mol. The molecule has 1 N–H and O–H groups in total. The second-order valence-electron chi connectivity index (χ2n) is 3.92. The highest BCUT2D eigenvalue weighted by molar-refractivity contribution is 9.10. The maximum absolute atomic E-state index is 12.1. The fourth-order valence-electron chi connectivity index (χ4n) is 1.30. The molecule has 0 heterocycles. The van der Waals surface area contributed by atoms with E-state index in [4.69, 9.17) is 5.11 Å². The maximum atomic E-state index is 12.1. The van der Waals surface area contributed by atoms with Crippen LogP contribution in [0.15, 0.2) is 33.6 Å². The summed E-state index contributed by atoms with van der Waals surface area (Å²) in [6.07, 6.45) is -0.0841. The van der Waals surface area contributed by atoms with Crippen molar-refractivity contribution in [3.05, 3.63) is 28.7 Å². The third-order valence-corrected chi connectivity index (χ3v) is 4.71. The average molecular weight is 322 g/mol. The minimum Gasteiger partial charge on any atom is -0.393 e. The predicted molar refractivity (Wildman–Crippen MR) is 70.3 cm³/mol. The van der Waals surface area contributed by atoms with Gasteiger partial charge in [-0.2, -0.15) is 0 Å². The number of halogens is 1. The minimum atomic E-state index is -3.46. The van der Waals surface area contributed by atoms with E-state index in [-0.39, 0.29) is 4.90 Å². The Balaban J connectivity index is 2.88. The number of sulfonamides is 1. The zero-order chi connectivity index (χ0) is 13.1. The van der Waals surface area contributed by atoms with Gasteiger partial charge in [0.25, 0.3) is 0 Å². The zero-order valence-corrected chi connectivity index (χ0v) is 12.2. The lowest BCUT2D eigenvalue weighted by Gasteiger charge is -2.18. The van der Waals surface area contributed by atoms with Gasteiger partial charge in [0, 0.05) is 18.1 Å². The highest BCUT2D eigenvalue weighted by Gasteiger charge is 2.20. The van der Waals surface area contributed by atoms with Gasteiger partial charge in [0.2, 0.25) is 10.0 Å². The molecular weight excluding hydrogens is 306 g/mol. The largest absolute Gasteiger partial charge is 0.393 e. The first-order valence-electron chi connectivity index (χ1n) is 5.24. The summed E-state index contributed by atoms with van der Waals surface area (Å²) < 4.78 is 26.2. The summed E-state index contributed by atoms with van der Waals surface area (Å²) in [4.78, 5) is 0.250. The quantitative estimate of drug-likeness (QED) is 0.900. The highest BCUT2D eigenvalue weighted by Crippen LogP contribution is 2.19. The van der Waals surface area contributed by atoms with Crippen molar-refractivity contribution in [3.8, 4) is 0 Å². The van der Waals surface area contributed by atoms with Gasteiger partial charge in [-0.25, -0.2) is 12.7 Å². The van der Waals surface area contributed by atoms with Gasteiger partial charge >= 0.3 is 0 Å². The van der Waals surface area contributed by atoms with Crippen LogP contribution in [0, 0.1) is 0 Å². The van der Waals surface area contributed by atoms with E-state index in [1.165, 1.54) is 11.4 Å². The molecule has 0 radical (unpaired) electrons. The van der Waals surface area contributed by atoms with Crippen LogP contribution in [0.2, 0.25) is 0 Å². The van der Waals surface area contributed by atoms with Crippen molar-refractivity contribution in [1.82, 2.24) is 4.31 Å². The van der Waals surface area contributed by atoms with Crippen molar-refractivity contribution in [1.29, 1.82) is 0 Å². The molecule has 0 aliphatic heterocycles. The number of nitrogens with zero attached hydrogens (tertiary/aromatic N) is 1. The van der Waals surface area contributed by atoms with Gasteiger partial charge in [-0.3, -0.25) is 0 Å². The summed E-state index contributed by atoms with van der Waals surface area (Å²) in [5.74, 6) is 0. The molecule has 1 aromatic carbocycles. The van der Waals surface area contributed by atoms with E-state index >= 15 is 0 Å². The Morgan fingerprint density at radius 1 is 1.47 bits per heavy atom. The Morgan fingerprint density at radius 3 is 2.65 bits per heavy atom. The fraction of sp³-hybridized carbons (Fsp3) is 0.455. The highest BCUT2D eigenvalue weighted by atomic mass is 79.9. The summed E-state index contributed by atoms with van der Waals surface area (Å²) in [5.41, 5.74) is 0. The summed E-state index contributed by atoms with van der Waals surface area (Å²) in [6, 6.07) is 6.57. The van der Waals surface area contributed by atoms with E-state index < -0.39 is 16.1 Å². The van der Waals surface area contributed by atoms with Crippen molar-refractivity contribution < 1.29 is 13.5 Å². The van der Waals surface area contributed by atoms with Gasteiger partial charge in [0.1, 0.15) is 0 Å². The molecule has 0 spiro atoms. The van der Waals surface area contributed by atoms with Crippen LogP contribution >= 0.6 is 15.9 Å². The summed E-state index contributed by atoms with van der Waals surface area (Å²) in [6.45, 7) is 1.94. The number of benzene rings is 1. The summed E-state index contributed by atoms with van der Waals surface area (Å²) >= 11 is 3.24. The number of hydrogen-bond donors (Lipinski definition) is 1. The number of rotatable bonds is 5. The molecule has 0 amide bonds. The van der Waals surface area contributed by atoms with Gasteiger partial charge in [-0.15, -0.1) is 0 Å². The van der Waals surface area contributed by atoms with Crippen LogP contribution in [-0.2, 0) is 10.0 Å². The molecule has 1 rings (SSSR count). The molecule has 0 bridgehead atoms. The van der Waals surface area contributed by atoms with Gasteiger partial charge in [0.05, 0.1) is 11.0 Å². The van der Waals surface area contributed by atoms with Crippen LogP contribution in [0.25, 0.3) is 0 Å². The standard InChI is InChI=1S/C11H16BrNO3S/c1-9(14)6-7-13(2)17(15,16)11-5-3-4-10(12)8-11/h3-5,8-9,14H,6-7H2,1-2H3. The van der Waals surface area contributed by atoms with Crippen molar-refractivity contribution in [3.63, 3.8) is 0 Å². The normalized spacial score (nSPS) is 13.9. The first kappa shape index (κ1) is 14.6. The van der Waals surface area contributed by atoms with Crippen LogP contribution in [0.3, 0.4) is 0 Å². The molecule has 0 saturated carbocycles. The minimum absolute atomic E-state index is 0.250. The van der Waals surface area contributed by atoms with Crippen molar-refractivity contribution in [2.45, 2.75) is 24.3 Å². The average Bonchev–Trinajstić information content (AvgIpc) is 2.25. The third kappa shape index (κ3) is 4.06. The maximum Gasteiger partial charge on any atom is 0.242 e. The van der Waals surface area contributed by atoms with Gasteiger partial charge in [-0.1, -0.05) is 22.0 Å². The van der Waals surface area contributed by atoms with E-state index in [0.717, 1.165) is 4.47 Å². The van der Waals surface area contributed by atoms with Crippen LogP contribution in [0.4, 0.5) is 0 Å². The molecule has 17 heavy (non-hydrogen) atoms. The smallest absolute Gasteiger partial charge is 0.242 e. The van der Waals surface area contributed by atoms with Crippen molar-refractivity contribution >= 4 is 26.0 Å². The van der Waals surface area contributed by atoms with Crippen LogP contribution < -0.4 is 0 Å². The molecule has 0 saturated heterocycles. The fourth-order valence-corrected chi connectivity index (χ4v) is 3.08. The topological polar surface area (TPSA) is 57.6 Å². The lowest BCUT2D eigenvalue weighted by molar-refractivity contribution is 0.177. The Hall–Kier alpha value is -0.430. The second kappa shape index (κ2) is 5.95. The molecule has 1 atom stereocenters. The molecule has 1 unspecified atom stereocenters. The number of aliphatic hydroxyl groups is 1. The van der Waals surface area contributed by atoms with Crippen LogP contribution in [0.1, 0.15) is 13.3 Å². The van der Waals surface area contributed by atoms with Gasteiger partial charge in [-0.05, 0) is 31.5 Å². The summed E-state index contributed by atoms with van der Waals surface area (Å²) in [5, 5.41) is 9.15. The van der Waals surface area contributed by atoms with Crippen molar-refractivity contribution in [2.75, 3.05) is 13.6 Å². The summed E-state index contributed by atoms with van der Waals surface area (Å²) in [7, 11) is -1.95. The van der Waals surface area contributed by atoms with Gasteiger partial charge < -0.3 is 5.11 Å². The molecular formula is C11H16BrNO3S. The van der Waals surface area contributed by atoms with Gasteiger partial charge in [0.15, 0.2) is 0 Å². The van der Waals surface area contributed by atoms with E-state index in [9.17, 15) is 8.42 Å². The Bertz CT molecular complexity index is 473. The molecule has 4 nitrogen and oxygen atoms in total. The zero-order valence-electron chi connectivity index (χ0n) is 9.80. The SMILES string of the molecule is CC(O)CCN(C)S(=O)(=O)c1cccc(Br)c1. The number of hydrogen-bond acceptors (Lipinski definition) is 3. The van der Waals surface area contributed by atoms with E-state index in [2.05, 4.69) is 15.9 Å². The Morgan fingerprint density at radius 2 is 2.12 bits per heavy atom. The first-order valence-corrected chi connectivity index (χ1v) is 7.47. The van der Waals surface area contributed by atoms with E-state index in [1.807, 2.05) is 0 Å². The first-order chi connectivity index (χ1) is 7.84. The lowest BCUT2D eigenvalue weighted by atomic mass is 10.3. The van der Waals surface area contributed by atoms with Crippen molar-refractivity contribution in [2.24, 2.45) is 0 Å². The van der Waals surface area contributed by atoms with E-state index in [1.54, 1.807) is 31.2 Å². The molecule has 96 valence electrons.